The maximum Gasteiger partial charge on any atom is 0.372 e. The molecule has 0 atom stereocenters. The van der Waals surface area contributed by atoms with Gasteiger partial charge in [-0.25, -0.2) is 4.79 Å². The first kappa shape index (κ1) is 11.3. The van der Waals surface area contributed by atoms with Crippen molar-refractivity contribution in [1.82, 2.24) is 0 Å². The minimum absolute atomic E-state index is 0.00414. The molecule has 0 fully saturated rings. The summed E-state index contributed by atoms with van der Waals surface area (Å²) in [5, 5.41) is 10.0. The van der Waals surface area contributed by atoms with Gasteiger partial charge in [0.1, 0.15) is 5.58 Å². The molecule has 0 bridgehead atoms. The van der Waals surface area contributed by atoms with E-state index < -0.39 is 5.97 Å². The number of benzene rings is 1. The average molecular weight is 246 g/mol. The molecular formula is C14H14O4. The predicted octanol–water partition coefficient (Wildman–Crippen LogP) is 2.77. The van der Waals surface area contributed by atoms with Gasteiger partial charge in [-0.1, -0.05) is 0 Å². The molecule has 18 heavy (non-hydrogen) atoms. The van der Waals surface area contributed by atoms with E-state index in [1.807, 2.05) is 6.07 Å². The van der Waals surface area contributed by atoms with Crippen molar-refractivity contribution in [1.29, 1.82) is 0 Å². The van der Waals surface area contributed by atoms with E-state index in [0.717, 1.165) is 24.6 Å². The molecule has 0 aliphatic heterocycles. The molecule has 1 aliphatic rings. The van der Waals surface area contributed by atoms with Crippen molar-refractivity contribution >= 4 is 16.9 Å². The number of methoxy groups -OCH3 is 1. The van der Waals surface area contributed by atoms with Crippen LogP contribution in [0.4, 0.5) is 0 Å². The zero-order valence-electron chi connectivity index (χ0n) is 10.2. The zero-order valence-corrected chi connectivity index (χ0v) is 10.2. The first-order valence-corrected chi connectivity index (χ1v) is 6.00. The number of ether oxygens (including phenoxy) is 1. The highest BCUT2D eigenvalue weighted by Crippen LogP contribution is 2.33. The Morgan fingerprint density at radius 3 is 2.78 bits per heavy atom. The lowest BCUT2D eigenvalue weighted by Gasteiger charge is -2.00. The number of rotatable bonds is 3. The normalized spacial score (nSPS) is 14.1. The van der Waals surface area contributed by atoms with Crippen LogP contribution in [0, 0.1) is 0 Å². The van der Waals surface area contributed by atoms with Crippen LogP contribution in [0.25, 0.3) is 11.0 Å². The van der Waals surface area contributed by atoms with Crippen LogP contribution >= 0.6 is 0 Å². The third-order valence-electron chi connectivity index (χ3n) is 3.49. The summed E-state index contributed by atoms with van der Waals surface area (Å²) in [5.74, 6) is -1.05. The lowest BCUT2D eigenvalue weighted by atomic mass is 10.0. The smallest absolute Gasteiger partial charge is 0.372 e. The number of furan rings is 1. The van der Waals surface area contributed by atoms with Gasteiger partial charge in [-0.2, -0.15) is 0 Å². The quantitative estimate of drug-likeness (QED) is 0.904. The minimum atomic E-state index is -1.04. The standard InChI is InChI=1S/C14H14O4/c1-17-7-11-10-5-8-3-2-4-9(8)6-12(10)18-13(11)14(15)16/h5-6H,2-4,7H2,1H3,(H,15,16). The number of hydrogen-bond donors (Lipinski definition) is 1. The molecule has 94 valence electrons. The highest BCUT2D eigenvalue weighted by atomic mass is 16.5. The summed E-state index contributed by atoms with van der Waals surface area (Å²) in [7, 11) is 1.55. The van der Waals surface area contributed by atoms with Crippen LogP contribution in [0.2, 0.25) is 0 Å². The topological polar surface area (TPSA) is 59.7 Å². The molecule has 4 heteroatoms. The second-order valence-corrected chi connectivity index (χ2v) is 4.62. The zero-order chi connectivity index (χ0) is 12.7. The predicted molar refractivity (Wildman–Crippen MR) is 65.9 cm³/mol. The van der Waals surface area contributed by atoms with E-state index in [-0.39, 0.29) is 12.4 Å². The van der Waals surface area contributed by atoms with Crippen LogP contribution in [0.5, 0.6) is 0 Å². The van der Waals surface area contributed by atoms with E-state index in [2.05, 4.69) is 6.07 Å². The van der Waals surface area contributed by atoms with Crippen molar-refractivity contribution in [3.63, 3.8) is 0 Å². The summed E-state index contributed by atoms with van der Waals surface area (Å²) in [6.45, 7) is 0.257. The summed E-state index contributed by atoms with van der Waals surface area (Å²) in [6.07, 6.45) is 3.27. The van der Waals surface area contributed by atoms with Gasteiger partial charge in [0, 0.05) is 18.1 Å². The van der Waals surface area contributed by atoms with E-state index in [4.69, 9.17) is 14.3 Å². The van der Waals surface area contributed by atoms with E-state index >= 15 is 0 Å². The number of hydrogen-bond acceptors (Lipinski definition) is 3. The van der Waals surface area contributed by atoms with Crippen molar-refractivity contribution in [3.8, 4) is 0 Å². The highest BCUT2D eigenvalue weighted by molar-refractivity contribution is 5.95. The lowest BCUT2D eigenvalue weighted by molar-refractivity contribution is 0.0658. The number of aromatic carboxylic acids is 1. The minimum Gasteiger partial charge on any atom is -0.475 e. The third kappa shape index (κ3) is 1.61. The van der Waals surface area contributed by atoms with E-state index in [0.29, 0.717) is 11.1 Å². The molecule has 4 nitrogen and oxygen atoms in total. The number of fused-ring (bicyclic) bond motifs is 2. The van der Waals surface area contributed by atoms with E-state index in [9.17, 15) is 4.79 Å². The van der Waals surface area contributed by atoms with Crippen LogP contribution in [0.1, 0.15) is 33.7 Å². The maximum atomic E-state index is 11.2. The number of carboxylic acids is 1. The van der Waals surface area contributed by atoms with Crippen LogP contribution in [0.3, 0.4) is 0 Å². The Morgan fingerprint density at radius 1 is 1.39 bits per heavy atom. The fourth-order valence-electron chi connectivity index (χ4n) is 2.68. The molecule has 0 saturated heterocycles. The van der Waals surface area contributed by atoms with Gasteiger partial charge in [0.15, 0.2) is 0 Å². The van der Waals surface area contributed by atoms with Gasteiger partial charge >= 0.3 is 5.97 Å². The van der Waals surface area contributed by atoms with Crippen molar-refractivity contribution in [2.75, 3.05) is 7.11 Å². The molecular weight excluding hydrogens is 232 g/mol. The van der Waals surface area contributed by atoms with Gasteiger partial charge in [0.2, 0.25) is 5.76 Å². The van der Waals surface area contributed by atoms with Crippen molar-refractivity contribution in [2.24, 2.45) is 0 Å². The molecule has 0 amide bonds. The van der Waals surface area contributed by atoms with E-state index in [1.165, 1.54) is 11.1 Å². The summed E-state index contributed by atoms with van der Waals surface area (Å²) < 4.78 is 10.5. The summed E-state index contributed by atoms with van der Waals surface area (Å²) in [4.78, 5) is 11.2. The van der Waals surface area contributed by atoms with Gasteiger partial charge in [-0.3, -0.25) is 0 Å². The van der Waals surface area contributed by atoms with Gasteiger partial charge in [0.05, 0.1) is 6.61 Å². The largest absolute Gasteiger partial charge is 0.475 e. The van der Waals surface area contributed by atoms with Gasteiger partial charge < -0.3 is 14.3 Å². The van der Waals surface area contributed by atoms with Crippen LogP contribution < -0.4 is 0 Å². The molecule has 0 saturated carbocycles. The highest BCUT2D eigenvalue weighted by Gasteiger charge is 2.22. The average Bonchev–Trinajstić information content (AvgIpc) is 2.91. The van der Waals surface area contributed by atoms with Crippen molar-refractivity contribution in [2.45, 2.75) is 25.9 Å². The molecule has 2 aromatic rings. The summed E-state index contributed by atoms with van der Waals surface area (Å²) in [5.41, 5.74) is 3.87. The molecule has 3 rings (SSSR count). The maximum absolute atomic E-state index is 11.2. The third-order valence-corrected chi connectivity index (χ3v) is 3.49. The first-order valence-electron chi connectivity index (χ1n) is 6.00. The van der Waals surface area contributed by atoms with Crippen molar-refractivity contribution in [3.05, 3.63) is 34.6 Å². The second-order valence-electron chi connectivity index (χ2n) is 4.62. The Kier molecular flexibility index (Phi) is 2.59. The van der Waals surface area contributed by atoms with Crippen LogP contribution in [0.15, 0.2) is 16.5 Å². The molecule has 1 aliphatic carbocycles. The van der Waals surface area contributed by atoms with Gasteiger partial charge in [-0.05, 0) is 42.5 Å². The van der Waals surface area contributed by atoms with Gasteiger partial charge in [0.25, 0.3) is 0 Å². The molecule has 0 spiro atoms. The van der Waals surface area contributed by atoms with E-state index in [1.54, 1.807) is 7.11 Å². The van der Waals surface area contributed by atoms with Gasteiger partial charge in [-0.15, -0.1) is 0 Å². The lowest BCUT2D eigenvalue weighted by Crippen LogP contribution is -1.99. The second kappa shape index (κ2) is 4.14. The summed E-state index contributed by atoms with van der Waals surface area (Å²) in [6, 6.07) is 4.03. The first-order chi connectivity index (χ1) is 8.70. The Hall–Kier alpha value is -1.81. The molecule has 1 heterocycles. The Labute approximate surface area is 104 Å². The number of carboxylic acid groups (broad SMARTS) is 1. The number of carbonyl (C=O) groups is 1. The fourth-order valence-corrected chi connectivity index (χ4v) is 2.68. The summed E-state index contributed by atoms with van der Waals surface area (Å²) >= 11 is 0. The van der Waals surface area contributed by atoms with Crippen molar-refractivity contribution < 1.29 is 19.1 Å². The molecule has 0 unspecified atom stereocenters. The fraction of sp³-hybridized carbons (Fsp3) is 0.357. The molecule has 0 radical (unpaired) electrons. The molecule has 1 aromatic heterocycles. The monoisotopic (exact) mass is 246 g/mol. The van der Waals surface area contributed by atoms with Crippen LogP contribution in [-0.4, -0.2) is 18.2 Å². The molecule has 1 aromatic carbocycles. The molecule has 1 N–H and O–H groups in total. The number of aryl methyl sites for hydroxylation is 2. The Balaban J connectivity index is 2.25. The van der Waals surface area contributed by atoms with Crippen LogP contribution in [-0.2, 0) is 24.2 Å². The Morgan fingerprint density at radius 2 is 2.11 bits per heavy atom. The SMILES string of the molecule is COCc1c(C(=O)O)oc2cc3c(cc12)CCC3. The Bertz CT molecular complexity index is 624.